The molecule has 1 aromatic heterocycles. The van der Waals surface area contributed by atoms with Gasteiger partial charge in [0, 0.05) is 12.6 Å². The van der Waals surface area contributed by atoms with Crippen LogP contribution in [0.1, 0.15) is 52.0 Å². The molecule has 0 saturated heterocycles. The van der Waals surface area contributed by atoms with Gasteiger partial charge < -0.3 is 5.32 Å². The molecule has 0 saturated carbocycles. The molecule has 1 aromatic carbocycles. The van der Waals surface area contributed by atoms with Crippen LogP contribution in [0.2, 0.25) is 0 Å². The van der Waals surface area contributed by atoms with Crippen LogP contribution in [0.3, 0.4) is 0 Å². The Balaban J connectivity index is 2.15. The molecule has 0 aliphatic carbocycles. The molecule has 23 heavy (non-hydrogen) atoms. The maximum atomic E-state index is 12.4. The van der Waals surface area contributed by atoms with Crippen LogP contribution in [0.4, 0.5) is 0 Å². The topological polar surface area (TPSA) is 96.3 Å². The van der Waals surface area contributed by atoms with E-state index in [4.69, 9.17) is 5.21 Å². The van der Waals surface area contributed by atoms with Crippen LogP contribution in [0.25, 0.3) is 0 Å². The summed E-state index contributed by atoms with van der Waals surface area (Å²) in [6.07, 6.45) is 0.759. The molecule has 3 N–H and O–H groups in total. The van der Waals surface area contributed by atoms with Gasteiger partial charge in [0.1, 0.15) is 5.69 Å². The van der Waals surface area contributed by atoms with Crippen molar-refractivity contribution < 1.29 is 14.8 Å². The van der Waals surface area contributed by atoms with E-state index in [0.29, 0.717) is 11.3 Å². The lowest BCUT2D eigenvalue weighted by molar-refractivity contribution is 0.0706. The molecule has 0 aliphatic rings. The van der Waals surface area contributed by atoms with E-state index in [1.807, 2.05) is 13.8 Å². The maximum absolute atomic E-state index is 12.4. The minimum atomic E-state index is -0.593. The van der Waals surface area contributed by atoms with E-state index in [9.17, 15) is 9.59 Å². The fourth-order valence-electron chi connectivity index (χ4n) is 2.28. The Labute approximate surface area is 134 Å². The van der Waals surface area contributed by atoms with Gasteiger partial charge in [-0.25, -0.2) is 5.48 Å². The van der Waals surface area contributed by atoms with E-state index in [0.717, 1.165) is 17.7 Å². The number of rotatable bonds is 5. The van der Waals surface area contributed by atoms with E-state index >= 15 is 0 Å². The molecule has 0 fully saturated rings. The Morgan fingerprint density at radius 2 is 2.04 bits per heavy atom. The second-order valence-electron chi connectivity index (χ2n) is 5.26. The van der Waals surface area contributed by atoms with Crippen molar-refractivity contribution in [1.82, 2.24) is 20.6 Å². The summed E-state index contributed by atoms with van der Waals surface area (Å²) in [6.45, 7) is 3.80. The first-order valence-corrected chi connectivity index (χ1v) is 7.34. The molecular formula is C16H20N4O3. The van der Waals surface area contributed by atoms with E-state index in [2.05, 4.69) is 10.4 Å². The largest absolute Gasteiger partial charge is 0.344 e. The van der Waals surface area contributed by atoms with Crippen molar-refractivity contribution in [2.45, 2.75) is 26.3 Å². The Morgan fingerprint density at radius 1 is 1.30 bits per heavy atom. The molecule has 122 valence electrons. The molecule has 2 amide bonds. The molecule has 1 unspecified atom stereocenters. The first kappa shape index (κ1) is 16.7. The van der Waals surface area contributed by atoms with E-state index in [1.54, 1.807) is 47.5 Å². The van der Waals surface area contributed by atoms with Crippen LogP contribution in [0.15, 0.2) is 30.3 Å². The third-order valence-corrected chi connectivity index (χ3v) is 3.62. The number of carbonyl (C=O) groups excluding carboxylic acids is 2. The number of nitrogens with zero attached hydrogens (tertiary/aromatic N) is 2. The highest BCUT2D eigenvalue weighted by Gasteiger charge is 2.16. The molecule has 0 aliphatic heterocycles. The van der Waals surface area contributed by atoms with Gasteiger partial charge in [0.25, 0.3) is 11.8 Å². The van der Waals surface area contributed by atoms with Crippen LogP contribution < -0.4 is 10.8 Å². The maximum Gasteiger partial charge on any atom is 0.274 e. The van der Waals surface area contributed by atoms with Gasteiger partial charge in [0.2, 0.25) is 0 Å². The van der Waals surface area contributed by atoms with Crippen molar-refractivity contribution in [3.05, 3.63) is 52.8 Å². The molecule has 0 radical (unpaired) electrons. The Bertz CT molecular complexity index is 724. The van der Waals surface area contributed by atoms with Gasteiger partial charge in [-0.3, -0.25) is 19.5 Å². The summed E-state index contributed by atoms with van der Waals surface area (Å²) in [5.74, 6) is -0.825. The van der Waals surface area contributed by atoms with E-state index in [-0.39, 0.29) is 11.9 Å². The number of hydroxylamine groups is 1. The number of carbonyl (C=O) groups is 2. The molecule has 0 bridgehead atoms. The highest BCUT2D eigenvalue weighted by Crippen LogP contribution is 2.15. The van der Waals surface area contributed by atoms with Gasteiger partial charge in [-0.1, -0.05) is 19.1 Å². The zero-order valence-electron chi connectivity index (χ0n) is 13.3. The van der Waals surface area contributed by atoms with Gasteiger partial charge in [0.15, 0.2) is 0 Å². The van der Waals surface area contributed by atoms with Crippen LogP contribution >= 0.6 is 0 Å². The summed E-state index contributed by atoms with van der Waals surface area (Å²) in [4.78, 5) is 23.8. The lowest BCUT2D eigenvalue weighted by Crippen LogP contribution is -2.28. The molecule has 7 nitrogen and oxygen atoms in total. The van der Waals surface area contributed by atoms with Crippen LogP contribution in [-0.2, 0) is 13.5 Å². The number of hydrogen-bond donors (Lipinski definition) is 3. The second-order valence-corrected chi connectivity index (χ2v) is 5.26. The zero-order chi connectivity index (χ0) is 17.0. The number of amides is 2. The fraction of sp³-hybridized carbons (Fsp3) is 0.312. The first-order valence-electron chi connectivity index (χ1n) is 7.34. The van der Waals surface area contributed by atoms with Crippen molar-refractivity contribution in [2.75, 3.05) is 0 Å². The Morgan fingerprint density at radius 3 is 2.65 bits per heavy atom. The third kappa shape index (κ3) is 3.75. The highest BCUT2D eigenvalue weighted by atomic mass is 16.5. The van der Waals surface area contributed by atoms with Gasteiger partial charge in [-0.15, -0.1) is 0 Å². The third-order valence-electron chi connectivity index (χ3n) is 3.62. The van der Waals surface area contributed by atoms with Gasteiger partial charge in [-0.05, 0) is 37.1 Å². The smallest absolute Gasteiger partial charge is 0.274 e. The molecule has 1 heterocycles. The molecule has 2 rings (SSSR count). The summed E-state index contributed by atoms with van der Waals surface area (Å²) in [6, 6.07) is 8.17. The average Bonchev–Trinajstić information content (AvgIpc) is 2.95. The minimum absolute atomic E-state index is 0.232. The second kappa shape index (κ2) is 7.06. The summed E-state index contributed by atoms with van der Waals surface area (Å²) in [7, 11) is 1.73. The van der Waals surface area contributed by atoms with Crippen molar-refractivity contribution in [3.63, 3.8) is 0 Å². The number of benzene rings is 1. The molecule has 0 spiro atoms. The monoisotopic (exact) mass is 316 g/mol. The molecular weight excluding hydrogens is 296 g/mol. The van der Waals surface area contributed by atoms with Crippen molar-refractivity contribution in [2.24, 2.45) is 7.05 Å². The zero-order valence-corrected chi connectivity index (χ0v) is 13.3. The summed E-state index contributed by atoms with van der Waals surface area (Å²) < 4.78 is 1.55. The summed E-state index contributed by atoms with van der Waals surface area (Å²) in [5, 5.41) is 15.8. The predicted octanol–water partition coefficient (Wildman–Crippen LogP) is 1.59. The van der Waals surface area contributed by atoms with E-state index < -0.39 is 5.91 Å². The molecule has 1 atom stereocenters. The van der Waals surface area contributed by atoms with Gasteiger partial charge in [0.05, 0.1) is 11.7 Å². The number of hydrogen-bond acceptors (Lipinski definition) is 4. The lowest BCUT2D eigenvalue weighted by atomic mass is 10.0. The lowest BCUT2D eigenvalue weighted by Gasteiger charge is -2.15. The predicted molar refractivity (Wildman–Crippen MR) is 84.2 cm³/mol. The van der Waals surface area contributed by atoms with Gasteiger partial charge in [-0.2, -0.15) is 5.10 Å². The van der Waals surface area contributed by atoms with Crippen LogP contribution in [0.5, 0.6) is 0 Å². The van der Waals surface area contributed by atoms with Crippen LogP contribution in [0, 0.1) is 0 Å². The highest BCUT2D eigenvalue weighted by molar-refractivity contribution is 5.94. The number of aryl methyl sites for hydroxylation is 2. The minimum Gasteiger partial charge on any atom is -0.344 e. The van der Waals surface area contributed by atoms with Crippen molar-refractivity contribution in [1.29, 1.82) is 0 Å². The number of nitrogens with one attached hydrogen (secondary N) is 2. The van der Waals surface area contributed by atoms with Gasteiger partial charge >= 0.3 is 0 Å². The van der Waals surface area contributed by atoms with E-state index in [1.165, 1.54) is 0 Å². The summed E-state index contributed by atoms with van der Waals surface area (Å²) in [5.41, 5.74) is 4.01. The van der Waals surface area contributed by atoms with Crippen LogP contribution in [-0.4, -0.2) is 26.8 Å². The SMILES string of the molecule is CCc1cc(C(=O)NC(C)c2cccc(C(=O)NO)c2)n(C)n1. The standard InChI is InChI=1S/C16H20N4O3/c1-4-13-9-14(20(3)18-13)16(22)17-10(2)11-6-5-7-12(8-11)15(21)19-23/h5-10,23H,4H2,1-3H3,(H,17,22)(H,19,21). The Kier molecular flexibility index (Phi) is 5.13. The average molecular weight is 316 g/mol. The first-order chi connectivity index (χ1) is 11.0. The molecule has 2 aromatic rings. The summed E-state index contributed by atoms with van der Waals surface area (Å²) >= 11 is 0. The fourth-order valence-corrected chi connectivity index (χ4v) is 2.28. The van der Waals surface area contributed by atoms with Crippen molar-refractivity contribution in [3.8, 4) is 0 Å². The number of aromatic nitrogens is 2. The normalized spacial score (nSPS) is 11.8. The quantitative estimate of drug-likeness (QED) is 0.576. The Hall–Kier alpha value is -2.67. The van der Waals surface area contributed by atoms with Crippen molar-refractivity contribution >= 4 is 11.8 Å². The molecule has 7 heteroatoms.